The van der Waals surface area contributed by atoms with Crippen LogP contribution in [-0.4, -0.2) is 37.9 Å². The molecule has 27 heavy (non-hydrogen) atoms. The minimum Gasteiger partial charge on any atom is -0.506 e. The second-order valence-corrected chi connectivity index (χ2v) is 8.72. The summed E-state index contributed by atoms with van der Waals surface area (Å²) in [5.74, 6) is 1.27. The van der Waals surface area contributed by atoms with Gasteiger partial charge in [0.1, 0.15) is 29.5 Å². The normalized spacial score (nSPS) is 15.2. The van der Waals surface area contributed by atoms with Gasteiger partial charge in [-0.3, -0.25) is 0 Å². The van der Waals surface area contributed by atoms with E-state index in [1.807, 2.05) is 0 Å². The summed E-state index contributed by atoms with van der Waals surface area (Å²) in [6, 6.07) is 7.06. The number of phenols is 1. The molecule has 0 aliphatic carbocycles. The number of anilines is 2. The van der Waals surface area contributed by atoms with E-state index in [0.29, 0.717) is 45.4 Å². The molecule has 4 rings (SSSR count). The lowest BCUT2D eigenvalue weighted by molar-refractivity contribution is 0.420. The van der Waals surface area contributed by atoms with Gasteiger partial charge in [0.25, 0.3) is 0 Å². The zero-order valence-electron chi connectivity index (χ0n) is 14.5. The fraction of sp³-hybridized carbons (Fsp3) is 0.222. The highest BCUT2D eigenvalue weighted by molar-refractivity contribution is 7.95. The Bertz CT molecular complexity index is 1150. The lowest BCUT2D eigenvalue weighted by Crippen LogP contribution is -2.22. The van der Waals surface area contributed by atoms with Crippen LogP contribution in [0.4, 0.5) is 21.6 Å². The molecular weight excluding hydrogens is 371 g/mol. The standard InChI is InChI=1S/C18H17FN4O3S/c1-26-16-9-12(23-27(25)5-2-6-27)8-14-17(16)18(21-10-20-14)22-13-4-3-11(19)7-15(13)24/h3-4,7-10,24H,2,5-6H2,1H3,(H,20,21,22). The molecule has 0 spiro atoms. The number of aromatic nitrogens is 2. The number of fused-ring (bicyclic) bond motifs is 1. The molecule has 1 aliphatic rings. The number of halogens is 1. The summed E-state index contributed by atoms with van der Waals surface area (Å²) in [7, 11) is -0.654. The average molecular weight is 388 g/mol. The van der Waals surface area contributed by atoms with Crippen molar-refractivity contribution in [2.24, 2.45) is 4.36 Å². The molecule has 1 aliphatic heterocycles. The number of rotatable bonds is 4. The Labute approximate surface area is 155 Å². The fourth-order valence-corrected chi connectivity index (χ4v) is 4.32. The summed E-state index contributed by atoms with van der Waals surface area (Å²) in [4.78, 5) is 8.47. The van der Waals surface area contributed by atoms with Crippen LogP contribution in [-0.2, 0) is 9.73 Å². The molecule has 0 unspecified atom stereocenters. The van der Waals surface area contributed by atoms with Crippen LogP contribution in [0.5, 0.6) is 11.5 Å². The van der Waals surface area contributed by atoms with Crippen LogP contribution in [0.3, 0.4) is 0 Å². The topological polar surface area (TPSA) is 96.7 Å². The zero-order valence-corrected chi connectivity index (χ0v) is 15.3. The van der Waals surface area contributed by atoms with E-state index in [4.69, 9.17) is 4.74 Å². The van der Waals surface area contributed by atoms with Gasteiger partial charge < -0.3 is 15.2 Å². The number of nitrogens with one attached hydrogen (secondary N) is 1. The maximum atomic E-state index is 13.2. The number of hydrogen-bond donors (Lipinski definition) is 2. The third kappa shape index (κ3) is 3.37. The Balaban J connectivity index is 1.82. The Hall–Kier alpha value is -2.94. The number of aromatic hydroxyl groups is 1. The van der Waals surface area contributed by atoms with Gasteiger partial charge in [-0.2, -0.15) is 4.36 Å². The molecule has 1 saturated heterocycles. The molecule has 7 nitrogen and oxygen atoms in total. The third-order valence-electron chi connectivity index (χ3n) is 4.32. The van der Waals surface area contributed by atoms with E-state index in [0.717, 1.165) is 12.5 Å². The fourth-order valence-electron chi connectivity index (χ4n) is 2.86. The third-order valence-corrected chi connectivity index (χ3v) is 6.71. The average Bonchev–Trinajstić information content (AvgIpc) is 2.62. The van der Waals surface area contributed by atoms with E-state index in [9.17, 15) is 13.7 Å². The van der Waals surface area contributed by atoms with Crippen molar-refractivity contribution in [2.75, 3.05) is 23.9 Å². The first kappa shape index (κ1) is 17.5. The minimum atomic E-state index is -2.16. The smallest absolute Gasteiger partial charge is 0.145 e. The SMILES string of the molecule is COc1cc(N=S2(=O)CCC2)cc2ncnc(Nc3ccc(F)cc3O)c12. The van der Waals surface area contributed by atoms with Crippen LogP contribution >= 0.6 is 0 Å². The number of hydrogen-bond acceptors (Lipinski definition) is 7. The van der Waals surface area contributed by atoms with Crippen LogP contribution in [0, 0.1) is 5.82 Å². The number of ether oxygens (including phenoxy) is 1. The van der Waals surface area contributed by atoms with Gasteiger partial charge in [0.2, 0.25) is 0 Å². The van der Waals surface area contributed by atoms with E-state index in [1.165, 1.54) is 25.6 Å². The van der Waals surface area contributed by atoms with Crippen LogP contribution in [0.2, 0.25) is 0 Å². The summed E-state index contributed by atoms with van der Waals surface area (Å²) in [6.07, 6.45) is 2.28. The van der Waals surface area contributed by atoms with E-state index in [-0.39, 0.29) is 5.75 Å². The number of methoxy groups -OCH3 is 1. The maximum Gasteiger partial charge on any atom is 0.145 e. The monoisotopic (exact) mass is 388 g/mol. The molecule has 3 aromatic rings. The summed E-state index contributed by atoms with van der Waals surface area (Å²) in [5, 5.41) is 13.5. The van der Waals surface area contributed by atoms with Crippen molar-refractivity contribution in [1.29, 1.82) is 0 Å². The molecule has 0 bridgehead atoms. The summed E-state index contributed by atoms with van der Waals surface area (Å²) < 4.78 is 35.5. The molecule has 2 N–H and O–H groups in total. The molecule has 9 heteroatoms. The Morgan fingerprint density at radius 1 is 1.26 bits per heavy atom. The molecule has 0 radical (unpaired) electrons. The van der Waals surface area contributed by atoms with Crippen molar-refractivity contribution in [1.82, 2.24) is 9.97 Å². The van der Waals surface area contributed by atoms with Gasteiger partial charge in [-0.15, -0.1) is 0 Å². The van der Waals surface area contributed by atoms with Crippen molar-refractivity contribution < 1.29 is 18.4 Å². The molecular formula is C18H17FN4O3S. The summed E-state index contributed by atoms with van der Waals surface area (Å²) in [6.45, 7) is 0. The van der Waals surface area contributed by atoms with Gasteiger partial charge in [0.05, 0.1) is 39.1 Å². The lowest BCUT2D eigenvalue weighted by atomic mass is 10.2. The zero-order chi connectivity index (χ0) is 19.0. The van der Waals surface area contributed by atoms with Gasteiger partial charge in [-0.05, 0) is 24.6 Å². The van der Waals surface area contributed by atoms with Crippen molar-refractivity contribution >= 4 is 37.8 Å². The first-order valence-electron chi connectivity index (χ1n) is 8.28. The van der Waals surface area contributed by atoms with Gasteiger partial charge in [-0.25, -0.2) is 18.6 Å². The molecule has 0 amide bonds. The first-order chi connectivity index (χ1) is 13.0. The summed E-state index contributed by atoms with van der Waals surface area (Å²) in [5.41, 5.74) is 1.39. The Kier molecular flexibility index (Phi) is 4.31. The predicted molar refractivity (Wildman–Crippen MR) is 102 cm³/mol. The highest BCUT2D eigenvalue weighted by atomic mass is 32.2. The highest BCUT2D eigenvalue weighted by Crippen LogP contribution is 2.37. The largest absolute Gasteiger partial charge is 0.506 e. The van der Waals surface area contributed by atoms with E-state index in [1.54, 1.807) is 12.1 Å². The lowest BCUT2D eigenvalue weighted by Gasteiger charge is -2.18. The van der Waals surface area contributed by atoms with Gasteiger partial charge in [0.15, 0.2) is 0 Å². The van der Waals surface area contributed by atoms with E-state index >= 15 is 0 Å². The maximum absolute atomic E-state index is 13.2. The van der Waals surface area contributed by atoms with E-state index in [2.05, 4.69) is 19.6 Å². The van der Waals surface area contributed by atoms with Crippen molar-refractivity contribution in [3.63, 3.8) is 0 Å². The van der Waals surface area contributed by atoms with Crippen molar-refractivity contribution in [2.45, 2.75) is 6.42 Å². The van der Waals surface area contributed by atoms with Crippen LogP contribution in [0.15, 0.2) is 41.0 Å². The molecule has 0 saturated carbocycles. The van der Waals surface area contributed by atoms with Gasteiger partial charge >= 0.3 is 0 Å². The van der Waals surface area contributed by atoms with E-state index < -0.39 is 15.5 Å². The molecule has 1 aromatic heterocycles. The van der Waals surface area contributed by atoms with Crippen LogP contribution < -0.4 is 10.1 Å². The Morgan fingerprint density at radius 3 is 2.74 bits per heavy atom. The number of nitrogens with zero attached hydrogens (tertiary/aromatic N) is 3. The quantitative estimate of drug-likeness (QED) is 0.661. The van der Waals surface area contributed by atoms with Crippen molar-refractivity contribution in [3.05, 3.63) is 42.5 Å². The van der Waals surface area contributed by atoms with Crippen LogP contribution in [0.1, 0.15) is 6.42 Å². The number of phenolic OH excluding ortho intramolecular Hbond substituents is 1. The number of benzene rings is 2. The second-order valence-electron chi connectivity index (χ2n) is 6.18. The van der Waals surface area contributed by atoms with Crippen molar-refractivity contribution in [3.8, 4) is 11.5 Å². The Morgan fingerprint density at radius 2 is 2.07 bits per heavy atom. The minimum absolute atomic E-state index is 0.241. The predicted octanol–water partition coefficient (Wildman–Crippen LogP) is 3.73. The molecule has 0 atom stereocenters. The first-order valence-corrected chi connectivity index (χ1v) is 10.1. The van der Waals surface area contributed by atoms with Gasteiger partial charge in [-0.1, -0.05) is 0 Å². The summed E-state index contributed by atoms with van der Waals surface area (Å²) >= 11 is 0. The molecule has 2 aromatic carbocycles. The molecule has 2 heterocycles. The highest BCUT2D eigenvalue weighted by Gasteiger charge is 2.20. The van der Waals surface area contributed by atoms with Crippen LogP contribution in [0.25, 0.3) is 10.9 Å². The second kappa shape index (κ2) is 6.66. The molecule has 1 fully saturated rings. The van der Waals surface area contributed by atoms with Gasteiger partial charge in [0, 0.05) is 23.6 Å². The molecule has 140 valence electrons.